The fraction of sp³-hybridized carbons (Fsp3) is 0.417. The van der Waals surface area contributed by atoms with Crippen LogP contribution < -0.4 is 10.6 Å². The van der Waals surface area contributed by atoms with Crippen LogP contribution in [-0.4, -0.2) is 24.8 Å². The van der Waals surface area contributed by atoms with Gasteiger partial charge in [0.25, 0.3) is 0 Å². The number of hydrogen-bond acceptors (Lipinski definition) is 3. The molecule has 2 aliphatic rings. The molecule has 2 aromatic rings. The van der Waals surface area contributed by atoms with Gasteiger partial charge < -0.3 is 10.6 Å². The van der Waals surface area contributed by atoms with Gasteiger partial charge in [0.2, 0.25) is 5.91 Å². The van der Waals surface area contributed by atoms with Crippen LogP contribution in [0.5, 0.6) is 0 Å². The lowest BCUT2D eigenvalue weighted by Gasteiger charge is -2.29. The zero-order chi connectivity index (χ0) is 20.2. The highest BCUT2D eigenvalue weighted by Gasteiger charge is 2.33. The van der Waals surface area contributed by atoms with Crippen molar-refractivity contribution in [1.29, 1.82) is 0 Å². The highest BCUT2D eigenvalue weighted by molar-refractivity contribution is 6.34. The summed E-state index contributed by atoms with van der Waals surface area (Å²) >= 11 is 6.37. The van der Waals surface area contributed by atoms with E-state index in [4.69, 9.17) is 11.6 Å². The Bertz CT molecular complexity index is 911. The number of amides is 1. The summed E-state index contributed by atoms with van der Waals surface area (Å²) < 4.78 is 0. The molecule has 1 aliphatic heterocycles. The molecular weight excluding hydrogens is 384 g/mol. The maximum absolute atomic E-state index is 13.2. The Balaban J connectivity index is 1.32. The van der Waals surface area contributed by atoms with E-state index < -0.39 is 0 Å². The molecule has 1 unspecified atom stereocenters. The predicted octanol–water partition coefficient (Wildman–Crippen LogP) is 4.58. The van der Waals surface area contributed by atoms with Crippen LogP contribution in [0.2, 0.25) is 5.02 Å². The van der Waals surface area contributed by atoms with E-state index in [0.29, 0.717) is 30.1 Å². The third kappa shape index (κ3) is 4.54. The molecule has 29 heavy (non-hydrogen) atoms. The second-order valence-electron chi connectivity index (χ2n) is 8.04. The number of rotatable bonds is 7. The van der Waals surface area contributed by atoms with Gasteiger partial charge in [0, 0.05) is 24.4 Å². The maximum Gasteiger partial charge on any atom is 0.224 e. The smallest absolute Gasteiger partial charge is 0.224 e. The standard InChI is InChI=1S/C24H27ClN2O2/c25-20-14-17-9-10-18(15-26-13-5-4-8-16-6-2-1-3-7-16)24(29)22(17)19-11-12-21(28)27-23(19)20/h1-3,6-7,14,18,26H,4-5,8-13,15H2,(H,27,28). The first-order valence-corrected chi connectivity index (χ1v) is 10.9. The summed E-state index contributed by atoms with van der Waals surface area (Å²) in [4.78, 5) is 24.9. The van der Waals surface area contributed by atoms with Crippen LogP contribution in [0.1, 0.15) is 52.7 Å². The minimum Gasteiger partial charge on any atom is -0.325 e. The maximum atomic E-state index is 13.2. The zero-order valence-corrected chi connectivity index (χ0v) is 17.4. The van der Waals surface area contributed by atoms with Crippen molar-refractivity contribution in [3.8, 4) is 0 Å². The van der Waals surface area contributed by atoms with Crippen molar-refractivity contribution in [1.82, 2.24) is 5.32 Å². The van der Waals surface area contributed by atoms with Crippen LogP contribution in [0.4, 0.5) is 5.69 Å². The lowest BCUT2D eigenvalue weighted by atomic mass is 9.78. The number of halogens is 1. The number of anilines is 1. The fourth-order valence-corrected chi connectivity index (χ4v) is 4.74. The number of fused-ring (bicyclic) bond motifs is 3. The lowest BCUT2D eigenvalue weighted by molar-refractivity contribution is -0.116. The summed E-state index contributed by atoms with van der Waals surface area (Å²) in [5.74, 6) is 0.169. The SMILES string of the molecule is O=C1CCc2c(c(Cl)cc3c2C(=O)C(CNCCCCc2ccccc2)CC3)N1. The van der Waals surface area contributed by atoms with E-state index in [9.17, 15) is 9.59 Å². The zero-order valence-electron chi connectivity index (χ0n) is 16.6. The number of carbonyl (C=O) groups excluding carboxylic acids is 2. The van der Waals surface area contributed by atoms with Crippen LogP contribution >= 0.6 is 11.6 Å². The molecule has 0 radical (unpaired) electrons. The molecule has 2 aromatic carbocycles. The van der Waals surface area contributed by atoms with E-state index in [-0.39, 0.29) is 17.6 Å². The number of ketones is 1. The normalized spacial score (nSPS) is 18.2. The van der Waals surface area contributed by atoms with Crippen LogP contribution in [0.25, 0.3) is 0 Å². The topological polar surface area (TPSA) is 58.2 Å². The van der Waals surface area contributed by atoms with Gasteiger partial charge in [0.1, 0.15) is 0 Å². The summed E-state index contributed by atoms with van der Waals surface area (Å²) in [6.45, 7) is 1.64. The highest BCUT2D eigenvalue weighted by Crippen LogP contribution is 2.39. The molecule has 2 N–H and O–H groups in total. The lowest BCUT2D eigenvalue weighted by Crippen LogP contribution is -2.34. The van der Waals surface area contributed by atoms with Crippen molar-refractivity contribution in [2.24, 2.45) is 5.92 Å². The van der Waals surface area contributed by atoms with Crippen molar-refractivity contribution in [3.05, 3.63) is 63.7 Å². The summed E-state index contributed by atoms with van der Waals surface area (Å²) in [5.41, 5.74) is 4.80. The summed E-state index contributed by atoms with van der Waals surface area (Å²) in [7, 11) is 0. The highest BCUT2D eigenvalue weighted by atomic mass is 35.5. The molecule has 0 bridgehead atoms. The van der Waals surface area contributed by atoms with Gasteiger partial charge >= 0.3 is 0 Å². The molecule has 1 heterocycles. The van der Waals surface area contributed by atoms with E-state index in [2.05, 4.69) is 34.9 Å². The van der Waals surface area contributed by atoms with Gasteiger partial charge in [-0.25, -0.2) is 0 Å². The van der Waals surface area contributed by atoms with Gasteiger partial charge in [-0.1, -0.05) is 41.9 Å². The predicted molar refractivity (Wildman–Crippen MR) is 117 cm³/mol. The number of aryl methyl sites for hydroxylation is 2. The monoisotopic (exact) mass is 410 g/mol. The van der Waals surface area contributed by atoms with E-state index in [1.54, 1.807) is 0 Å². The van der Waals surface area contributed by atoms with Crippen LogP contribution in [0.15, 0.2) is 36.4 Å². The molecule has 0 aromatic heterocycles. The van der Waals surface area contributed by atoms with Crippen LogP contribution in [0.3, 0.4) is 0 Å². The number of unbranched alkanes of at least 4 members (excludes halogenated alkanes) is 1. The minimum atomic E-state index is -0.0312. The number of carbonyl (C=O) groups is 2. The van der Waals surface area contributed by atoms with Gasteiger partial charge in [-0.2, -0.15) is 0 Å². The summed E-state index contributed by atoms with van der Waals surface area (Å²) in [6, 6.07) is 12.4. The first-order valence-electron chi connectivity index (χ1n) is 10.6. The van der Waals surface area contributed by atoms with Crippen LogP contribution in [0, 0.1) is 5.92 Å². The van der Waals surface area contributed by atoms with Crippen LogP contribution in [-0.2, 0) is 24.1 Å². The number of nitrogens with one attached hydrogen (secondary N) is 2. The minimum absolute atomic E-state index is 0.000438. The average Bonchev–Trinajstić information content (AvgIpc) is 2.73. The van der Waals surface area contributed by atoms with Crippen molar-refractivity contribution in [2.75, 3.05) is 18.4 Å². The number of hydrogen-bond donors (Lipinski definition) is 2. The van der Waals surface area contributed by atoms with Crippen molar-refractivity contribution in [2.45, 2.75) is 44.9 Å². The second kappa shape index (κ2) is 9.10. The van der Waals surface area contributed by atoms with E-state index >= 15 is 0 Å². The molecule has 0 saturated heterocycles. The second-order valence-corrected chi connectivity index (χ2v) is 8.45. The molecular formula is C24H27ClN2O2. The third-order valence-electron chi connectivity index (χ3n) is 6.01. The Labute approximate surface area is 177 Å². The molecule has 1 amide bonds. The molecule has 0 saturated carbocycles. The average molecular weight is 411 g/mol. The first-order chi connectivity index (χ1) is 14.1. The van der Waals surface area contributed by atoms with Gasteiger partial charge in [-0.3, -0.25) is 9.59 Å². The first kappa shape index (κ1) is 20.1. The Kier molecular flexibility index (Phi) is 6.31. The van der Waals surface area contributed by atoms with Gasteiger partial charge in [-0.05, 0) is 67.8 Å². The molecule has 4 nitrogen and oxygen atoms in total. The summed E-state index contributed by atoms with van der Waals surface area (Å²) in [6.07, 6.45) is 6.06. The molecule has 5 heteroatoms. The number of Topliss-reactive ketones (excluding diaryl/α,β-unsaturated/α-hetero) is 1. The Morgan fingerprint density at radius 2 is 1.90 bits per heavy atom. The van der Waals surface area contributed by atoms with Crippen molar-refractivity contribution in [3.63, 3.8) is 0 Å². The van der Waals surface area contributed by atoms with E-state index in [0.717, 1.165) is 55.3 Å². The molecule has 152 valence electrons. The number of benzene rings is 2. The summed E-state index contributed by atoms with van der Waals surface area (Å²) in [5, 5.41) is 6.89. The Morgan fingerprint density at radius 3 is 2.72 bits per heavy atom. The van der Waals surface area contributed by atoms with E-state index in [1.807, 2.05) is 12.1 Å². The Morgan fingerprint density at radius 1 is 1.07 bits per heavy atom. The Hall–Kier alpha value is -2.17. The van der Waals surface area contributed by atoms with Gasteiger partial charge in [-0.15, -0.1) is 0 Å². The van der Waals surface area contributed by atoms with Gasteiger partial charge in [0.05, 0.1) is 10.7 Å². The molecule has 4 rings (SSSR count). The quantitative estimate of drug-likeness (QED) is 0.657. The third-order valence-corrected chi connectivity index (χ3v) is 6.31. The van der Waals surface area contributed by atoms with Crippen molar-refractivity contribution >= 4 is 29.0 Å². The molecule has 1 aliphatic carbocycles. The molecule has 0 fully saturated rings. The molecule has 0 spiro atoms. The largest absolute Gasteiger partial charge is 0.325 e. The fourth-order valence-electron chi connectivity index (χ4n) is 4.45. The van der Waals surface area contributed by atoms with Gasteiger partial charge in [0.15, 0.2) is 5.78 Å². The van der Waals surface area contributed by atoms with E-state index in [1.165, 1.54) is 5.56 Å². The van der Waals surface area contributed by atoms with Crippen molar-refractivity contribution < 1.29 is 9.59 Å². The molecule has 1 atom stereocenters.